The summed E-state index contributed by atoms with van der Waals surface area (Å²) in [6.07, 6.45) is 6.32. The summed E-state index contributed by atoms with van der Waals surface area (Å²) in [6.45, 7) is 1.26. The minimum absolute atomic E-state index is 0.00524. The van der Waals surface area contributed by atoms with Gasteiger partial charge in [0.2, 0.25) is 0 Å². The molecule has 3 aromatic rings. The highest BCUT2D eigenvalue weighted by molar-refractivity contribution is 5.94. The molecule has 2 aromatic heterocycles. The van der Waals surface area contributed by atoms with Gasteiger partial charge in [-0.15, -0.1) is 5.10 Å². The van der Waals surface area contributed by atoms with E-state index in [9.17, 15) is 4.79 Å². The van der Waals surface area contributed by atoms with Crippen LogP contribution in [0.3, 0.4) is 0 Å². The fourth-order valence-electron chi connectivity index (χ4n) is 2.92. The molecule has 0 atom stereocenters. The predicted molar refractivity (Wildman–Crippen MR) is 90.7 cm³/mol. The summed E-state index contributed by atoms with van der Waals surface area (Å²) in [5.41, 5.74) is 1.36. The Bertz CT molecular complexity index is 862. The second-order valence-corrected chi connectivity index (χ2v) is 5.95. The number of piperidine rings is 1. The zero-order chi connectivity index (χ0) is 17.8. The van der Waals surface area contributed by atoms with E-state index in [0.717, 1.165) is 18.5 Å². The number of likely N-dealkylation sites (tertiary alicyclic amines) is 1. The number of hydrogen-bond donors (Lipinski definition) is 0. The Morgan fingerprint density at radius 1 is 1.12 bits per heavy atom. The van der Waals surface area contributed by atoms with Crippen LogP contribution in [0, 0.1) is 0 Å². The number of carbonyl (C=O) groups excluding carboxylic acids is 1. The molecule has 0 unspecified atom stereocenters. The summed E-state index contributed by atoms with van der Waals surface area (Å²) in [4.78, 5) is 22.8. The molecule has 1 aromatic carbocycles. The third-order valence-corrected chi connectivity index (χ3v) is 4.25. The third kappa shape index (κ3) is 3.51. The smallest absolute Gasteiger partial charge is 0.316 e. The fraction of sp³-hybridized carbons (Fsp3) is 0.294. The van der Waals surface area contributed by atoms with Crippen LogP contribution in [0.4, 0.5) is 0 Å². The van der Waals surface area contributed by atoms with Crippen LogP contribution in [0.2, 0.25) is 0 Å². The number of ether oxygens (including phenoxy) is 1. The largest absolute Gasteiger partial charge is 0.460 e. The molecular weight excluding hydrogens is 334 g/mol. The van der Waals surface area contributed by atoms with E-state index in [2.05, 4.69) is 25.5 Å². The first kappa shape index (κ1) is 16.1. The van der Waals surface area contributed by atoms with Crippen LogP contribution < -0.4 is 4.74 Å². The number of benzene rings is 1. The minimum atomic E-state index is -0.00524. The van der Waals surface area contributed by atoms with Gasteiger partial charge >= 0.3 is 6.01 Å². The summed E-state index contributed by atoms with van der Waals surface area (Å²) in [5, 5.41) is 11.1. The lowest BCUT2D eigenvalue weighted by Gasteiger charge is -2.31. The molecule has 0 bridgehead atoms. The summed E-state index contributed by atoms with van der Waals surface area (Å²) >= 11 is 0. The molecule has 0 aliphatic carbocycles. The van der Waals surface area contributed by atoms with Gasteiger partial charge in [-0.05, 0) is 34.7 Å². The van der Waals surface area contributed by atoms with Gasteiger partial charge in [0.25, 0.3) is 5.91 Å². The molecule has 1 amide bonds. The van der Waals surface area contributed by atoms with Crippen molar-refractivity contribution in [2.75, 3.05) is 13.1 Å². The van der Waals surface area contributed by atoms with Crippen molar-refractivity contribution in [1.82, 2.24) is 35.1 Å². The summed E-state index contributed by atoms with van der Waals surface area (Å²) in [6, 6.07) is 9.40. The molecule has 132 valence electrons. The topological polar surface area (TPSA) is 98.9 Å². The van der Waals surface area contributed by atoms with Crippen molar-refractivity contribution in [1.29, 1.82) is 0 Å². The van der Waals surface area contributed by atoms with E-state index in [0.29, 0.717) is 24.7 Å². The number of rotatable bonds is 4. The summed E-state index contributed by atoms with van der Waals surface area (Å²) in [7, 11) is 0. The summed E-state index contributed by atoms with van der Waals surface area (Å²) in [5.74, 6) is -0.00524. The number of hydrogen-bond acceptors (Lipinski definition) is 7. The van der Waals surface area contributed by atoms with Gasteiger partial charge < -0.3 is 9.64 Å². The van der Waals surface area contributed by atoms with Gasteiger partial charge in [0.05, 0.1) is 5.69 Å². The van der Waals surface area contributed by atoms with Crippen molar-refractivity contribution >= 4 is 5.91 Å². The van der Waals surface area contributed by atoms with Gasteiger partial charge in [-0.1, -0.05) is 6.07 Å². The van der Waals surface area contributed by atoms with E-state index in [1.807, 2.05) is 17.0 Å². The van der Waals surface area contributed by atoms with Crippen molar-refractivity contribution in [3.63, 3.8) is 0 Å². The molecule has 4 rings (SSSR count). The highest BCUT2D eigenvalue weighted by Gasteiger charge is 2.25. The molecule has 0 saturated carbocycles. The van der Waals surface area contributed by atoms with E-state index in [4.69, 9.17) is 4.74 Å². The summed E-state index contributed by atoms with van der Waals surface area (Å²) < 4.78 is 7.30. The maximum absolute atomic E-state index is 12.8. The zero-order valence-electron chi connectivity index (χ0n) is 14.0. The molecule has 0 N–H and O–H groups in total. The van der Waals surface area contributed by atoms with Crippen molar-refractivity contribution < 1.29 is 9.53 Å². The maximum atomic E-state index is 12.8. The first-order valence-corrected chi connectivity index (χ1v) is 8.36. The van der Waals surface area contributed by atoms with Gasteiger partial charge in [-0.3, -0.25) is 4.79 Å². The van der Waals surface area contributed by atoms with Crippen LogP contribution in [0.5, 0.6) is 6.01 Å². The lowest BCUT2D eigenvalue weighted by molar-refractivity contribution is 0.0578. The van der Waals surface area contributed by atoms with Gasteiger partial charge in [0.15, 0.2) is 0 Å². The van der Waals surface area contributed by atoms with E-state index in [-0.39, 0.29) is 12.0 Å². The first-order valence-electron chi connectivity index (χ1n) is 8.36. The van der Waals surface area contributed by atoms with E-state index < -0.39 is 0 Å². The van der Waals surface area contributed by atoms with Gasteiger partial charge in [-0.25, -0.2) is 14.6 Å². The highest BCUT2D eigenvalue weighted by atomic mass is 16.5. The van der Waals surface area contributed by atoms with Gasteiger partial charge in [0.1, 0.15) is 12.4 Å². The molecule has 9 nitrogen and oxygen atoms in total. The Morgan fingerprint density at radius 3 is 2.65 bits per heavy atom. The molecule has 9 heteroatoms. The molecule has 1 aliphatic heterocycles. The van der Waals surface area contributed by atoms with Crippen molar-refractivity contribution in [2.24, 2.45) is 0 Å². The minimum Gasteiger partial charge on any atom is -0.460 e. The quantitative estimate of drug-likeness (QED) is 0.695. The fourth-order valence-corrected chi connectivity index (χ4v) is 2.92. The molecule has 1 aliphatic rings. The zero-order valence-corrected chi connectivity index (χ0v) is 14.0. The van der Waals surface area contributed by atoms with E-state index in [1.54, 1.807) is 30.6 Å². The molecule has 1 saturated heterocycles. The van der Waals surface area contributed by atoms with Crippen LogP contribution in [0.25, 0.3) is 5.69 Å². The number of tetrazole rings is 1. The predicted octanol–water partition coefficient (Wildman–Crippen LogP) is 1.14. The lowest BCUT2D eigenvalue weighted by atomic mass is 10.1. The van der Waals surface area contributed by atoms with Gasteiger partial charge in [0, 0.05) is 43.9 Å². The second kappa shape index (κ2) is 7.26. The van der Waals surface area contributed by atoms with Crippen LogP contribution >= 0.6 is 0 Å². The third-order valence-electron chi connectivity index (χ3n) is 4.25. The first-order chi connectivity index (χ1) is 12.8. The lowest BCUT2D eigenvalue weighted by Crippen LogP contribution is -2.42. The van der Waals surface area contributed by atoms with Crippen LogP contribution in [0.1, 0.15) is 23.2 Å². The van der Waals surface area contributed by atoms with E-state index >= 15 is 0 Å². The molecule has 0 radical (unpaired) electrons. The molecule has 1 fully saturated rings. The van der Waals surface area contributed by atoms with Crippen LogP contribution in [0.15, 0.2) is 49.1 Å². The standard InChI is InChI=1S/C17H17N7O2/c25-16(13-3-1-4-14(11-13)24-12-20-21-22-24)23-9-5-15(6-10-23)26-17-18-7-2-8-19-17/h1-4,7-8,11-12,15H,5-6,9-10H2. The average molecular weight is 351 g/mol. The Kier molecular flexibility index (Phi) is 4.50. The number of amides is 1. The second-order valence-electron chi connectivity index (χ2n) is 5.95. The van der Waals surface area contributed by atoms with Crippen LogP contribution in [-0.4, -0.2) is 60.2 Å². The molecule has 0 spiro atoms. The normalized spacial score (nSPS) is 15.0. The Labute approximate surface area is 149 Å². The monoisotopic (exact) mass is 351 g/mol. The Morgan fingerprint density at radius 2 is 1.92 bits per heavy atom. The average Bonchev–Trinajstić information content (AvgIpc) is 3.24. The Balaban J connectivity index is 1.39. The number of carbonyl (C=O) groups is 1. The highest BCUT2D eigenvalue weighted by Crippen LogP contribution is 2.18. The SMILES string of the molecule is O=C(c1cccc(-n2cnnn2)c1)N1CCC(Oc2ncccn2)CC1. The van der Waals surface area contributed by atoms with Crippen molar-refractivity contribution in [3.8, 4) is 11.7 Å². The van der Waals surface area contributed by atoms with E-state index in [1.165, 1.54) is 11.0 Å². The molecule has 3 heterocycles. The number of aromatic nitrogens is 6. The number of nitrogens with zero attached hydrogens (tertiary/aromatic N) is 7. The molecular formula is C17H17N7O2. The molecule has 26 heavy (non-hydrogen) atoms. The maximum Gasteiger partial charge on any atom is 0.316 e. The van der Waals surface area contributed by atoms with Crippen molar-refractivity contribution in [2.45, 2.75) is 18.9 Å². The van der Waals surface area contributed by atoms with Crippen LogP contribution in [-0.2, 0) is 0 Å². The van der Waals surface area contributed by atoms with Gasteiger partial charge in [-0.2, -0.15) is 0 Å². The Hall–Kier alpha value is -3.36. The van der Waals surface area contributed by atoms with Crippen molar-refractivity contribution in [3.05, 3.63) is 54.6 Å².